The van der Waals surface area contributed by atoms with Crippen LogP contribution in [0.2, 0.25) is 0 Å². The van der Waals surface area contributed by atoms with Gasteiger partial charge in [-0.05, 0) is 44.4 Å². The van der Waals surface area contributed by atoms with E-state index in [2.05, 4.69) is 60.4 Å². The maximum absolute atomic E-state index is 13.9. The van der Waals surface area contributed by atoms with Crippen LogP contribution in [0.5, 0.6) is 0 Å². The Balaban J connectivity index is 3.08. The van der Waals surface area contributed by atoms with Gasteiger partial charge >= 0.3 is 11.9 Å². The van der Waals surface area contributed by atoms with Crippen molar-refractivity contribution in [2.24, 2.45) is 17.6 Å². The quantitative estimate of drug-likeness (QED) is 0.0361. The summed E-state index contributed by atoms with van der Waals surface area (Å²) in [6.07, 6.45) is 11.7. The number of rotatable bonds is 41. The Morgan fingerprint density at radius 1 is 0.570 bits per heavy atom. The maximum Gasteiger partial charge on any atom is 0.303 e. The van der Waals surface area contributed by atoms with E-state index in [1.54, 1.807) is 13.8 Å². The Morgan fingerprint density at radius 2 is 1.04 bits per heavy atom. The third-order valence-electron chi connectivity index (χ3n) is 13.4. The Hall–Kier alpha value is -6.93. The summed E-state index contributed by atoms with van der Waals surface area (Å²) in [5, 5.41) is 39.1. The van der Waals surface area contributed by atoms with Crippen molar-refractivity contribution in [1.29, 1.82) is 0 Å². The van der Waals surface area contributed by atoms with Crippen LogP contribution in [-0.2, 0) is 62.3 Å². The number of carbonyl (C=O) groups excluding carboxylic acids is 11. The fraction of sp³-hybridized carbons (Fsp3) is 0.750. The van der Waals surface area contributed by atoms with E-state index in [0.717, 1.165) is 25.7 Å². The molecule has 0 spiro atoms. The van der Waals surface area contributed by atoms with Crippen LogP contribution in [0.4, 0.5) is 0 Å². The van der Waals surface area contributed by atoms with Gasteiger partial charge in [0.1, 0.15) is 48.8 Å². The first kappa shape index (κ1) is 70.1. The molecule has 1 saturated heterocycles. The predicted octanol–water partition coefficient (Wildman–Crippen LogP) is 0.0925. The van der Waals surface area contributed by atoms with Gasteiger partial charge in [0, 0.05) is 32.7 Å². The van der Waals surface area contributed by atoms with Gasteiger partial charge in [0.15, 0.2) is 0 Å². The van der Waals surface area contributed by atoms with Gasteiger partial charge in [-0.2, -0.15) is 0 Å². The highest BCUT2D eigenvalue weighted by molar-refractivity contribution is 5.98. The largest absolute Gasteiger partial charge is 0.481 e. The number of nitrogens with two attached hydrogens (primary N) is 1. The Labute approximate surface area is 463 Å². The molecular weight excluding hydrogens is 1030 g/mol. The first-order valence-electron chi connectivity index (χ1n) is 27.7. The lowest BCUT2D eigenvalue weighted by Gasteiger charge is -2.28. The summed E-state index contributed by atoms with van der Waals surface area (Å²) >= 11 is 0. The molecule has 8 atom stereocenters. The van der Waals surface area contributed by atoms with Crippen molar-refractivity contribution < 1.29 is 72.5 Å². The number of carboxylic acids is 2. The summed E-state index contributed by atoms with van der Waals surface area (Å²) in [7, 11) is 1.37. The van der Waals surface area contributed by atoms with Crippen molar-refractivity contribution in [2.75, 3.05) is 13.6 Å². The molecule has 27 nitrogen and oxygen atoms in total. The smallest absolute Gasteiger partial charge is 0.303 e. The molecule has 1 aliphatic rings. The molecule has 0 aromatic rings. The van der Waals surface area contributed by atoms with Gasteiger partial charge in [0.05, 0.1) is 6.42 Å². The lowest BCUT2D eigenvalue weighted by Crippen LogP contribution is -2.61. The molecule has 1 heterocycles. The van der Waals surface area contributed by atoms with Crippen LogP contribution >= 0.6 is 0 Å². The molecule has 0 aliphatic carbocycles. The number of amides is 11. The lowest BCUT2D eigenvalue weighted by molar-refractivity contribution is -0.143. The minimum Gasteiger partial charge on any atom is -0.481 e. The maximum atomic E-state index is 13.9. The zero-order valence-corrected chi connectivity index (χ0v) is 47.2. The first-order valence-corrected chi connectivity index (χ1v) is 27.7. The number of nitrogens with zero attached hydrogens (tertiary/aromatic N) is 1. The number of hydrogen-bond donors (Lipinski definition) is 13. The molecule has 0 radical (unpaired) electrons. The lowest BCUT2D eigenvalue weighted by atomic mass is 9.97. The normalized spacial score (nSPS) is 16.0. The van der Waals surface area contributed by atoms with E-state index in [4.69, 9.17) is 5.73 Å². The summed E-state index contributed by atoms with van der Waals surface area (Å²) in [6.45, 7) is 9.09. The van der Waals surface area contributed by atoms with E-state index in [1.165, 1.54) is 79.2 Å². The summed E-state index contributed by atoms with van der Waals surface area (Å²) in [5.41, 5.74) is 9.92. The van der Waals surface area contributed by atoms with Gasteiger partial charge in [0.2, 0.25) is 59.1 Å². The van der Waals surface area contributed by atoms with E-state index in [1.807, 2.05) is 0 Å². The monoisotopic (exact) mass is 1120 g/mol. The van der Waals surface area contributed by atoms with Crippen molar-refractivity contribution >= 4 is 76.9 Å². The summed E-state index contributed by atoms with van der Waals surface area (Å²) in [5.74, 6) is -13.1. The SMILES string of the molecule is CCCCCCCCCCCCCCCC(=O)N[C@H]1CC(=O)NNN(CC(=O)N[C@@H](CCC(=O)O)C(=O)N[C@H](C(=O)N[C@@H](CCC(N)=O)C(=O)N[C@@H](C)C(=O)N[C@@H](CCC(=O)O)C(=O)N[C@H](C(=O)NC)[C@@H](C)CC)C(C)C)C1=O. The van der Waals surface area contributed by atoms with Crippen molar-refractivity contribution in [3.63, 3.8) is 0 Å². The van der Waals surface area contributed by atoms with Gasteiger partial charge < -0.3 is 58.5 Å². The van der Waals surface area contributed by atoms with Crippen molar-refractivity contribution in [2.45, 2.75) is 225 Å². The number of carboxylic acid groups (broad SMARTS) is 2. The minimum absolute atomic E-state index is 0.108. The fourth-order valence-electron chi connectivity index (χ4n) is 8.35. The van der Waals surface area contributed by atoms with Crippen molar-refractivity contribution in [3.05, 3.63) is 0 Å². The van der Waals surface area contributed by atoms with E-state index >= 15 is 0 Å². The summed E-state index contributed by atoms with van der Waals surface area (Å²) < 4.78 is 0. The molecule has 448 valence electrons. The second-order valence-electron chi connectivity index (χ2n) is 20.5. The van der Waals surface area contributed by atoms with E-state index in [9.17, 15) is 72.5 Å². The Morgan fingerprint density at radius 3 is 1.52 bits per heavy atom. The number of unbranched alkanes of at least 4 members (excludes halogenated alkanes) is 12. The predicted molar refractivity (Wildman–Crippen MR) is 288 cm³/mol. The second-order valence-corrected chi connectivity index (χ2v) is 20.5. The van der Waals surface area contributed by atoms with E-state index < -0.39 is 177 Å². The van der Waals surface area contributed by atoms with Crippen molar-refractivity contribution in [3.8, 4) is 0 Å². The number of primary amides is 1. The molecule has 0 bridgehead atoms. The standard InChI is InChI=1S/C52H90N12O15/c1-8-10-11-12-13-14-15-16-17-18-19-20-21-22-39(66)57-37-29-40(67)62-63-64(52(37)79)30-41(68)56-34(24-27-42(69)70)48(75)60-44(31(3)4)51(78)59-35(23-26-38(53)65)47(74)55-33(6)46(73)58-36(25-28-43(71)72)49(76)61-45(32(5)9-2)50(77)54-7/h31-37,44-45,63H,8-30H2,1-7H3,(H2,53,65)(H,54,77)(H,55,74)(H,56,68)(H,57,66)(H,58,73)(H,59,78)(H,60,75)(H,61,76)(H,62,67)(H,69,70)(H,71,72)/t32-,33-,34-,35-,36-,37-,44-,45-/m0/s1. The second kappa shape index (κ2) is 38.6. The zero-order chi connectivity index (χ0) is 59.6. The highest BCUT2D eigenvalue weighted by atomic mass is 16.4. The summed E-state index contributed by atoms with van der Waals surface area (Å²) in [4.78, 5) is 168. The molecule has 11 amide bonds. The van der Waals surface area contributed by atoms with Gasteiger partial charge in [0.25, 0.3) is 5.91 Å². The molecule has 0 aromatic carbocycles. The molecule has 14 N–H and O–H groups in total. The van der Waals surface area contributed by atoms with Gasteiger partial charge in [-0.3, -0.25) is 67.8 Å². The number of hydrazine groups is 2. The third-order valence-corrected chi connectivity index (χ3v) is 13.4. The highest BCUT2D eigenvalue weighted by Crippen LogP contribution is 2.15. The molecule has 79 heavy (non-hydrogen) atoms. The average Bonchev–Trinajstić information content (AvgIpc) is 3.51. The minimum atomic E-state index is -1.63. The topological polar surface area (TPSA) is 412 Å². The number of likely N-dealkylation sites (N-methyl/N-ethyl adjacent to an activating group) is 1. The molecular formula is C52H90N12O15. The van der Waals surface area contributed by atoms with E-state index in [0.29, 0.717) is 17.9 Å². The van der Waals surface area contributed by atoms with Crippen LogP contribution < -0.4 is 59.2 Å². The fourth-order valence-corrected chi connectivity index (χ4v) is 8.35. The molecule has 1 rings (SSSR count). The van der Waals surface area contributed by atoms with Crippen molar-refractivity contribution in [1.82, 2.24) is 58.5 Å². The zero-order valence-electron chi connectivity index (χ0n) is 47.2. The average molecular weight is 1120 g/mol. The Kier molecular flexibility index (Phi) is 34.2. The molecule has 27 heteroatoms. The van der Waals surface area contributed by atoms with Gasteiger partial charge in [-0.1, -0.05) is 118 Å². The molecule has 1 fully saturated rings. The molecule has 0 aromatic heterocycles. The molecule has 1 aliphatic heterocycles. The number of nitrogens with one attached hydrogen (secondary N) is 10. The number of carbonyl (C=O) groups is 13. The van der Waals surface area contributed by atoms with Gasteiger partial charge in [-0.25, -0.2) is 5.01 Å². The Bertz CT molecular complexity index is 2060. The summed E-state index contributed by atoms with van der Waals surface area (Å²) in [6, 6.07) is -10.0. The highest BCUT2D eigenvalue weighted by Gasteiger charge is 2.36. The molecule has 0 saturated carbocycles. The number of hydrogen-bond acceptors (Lipinski definition) is 14. The van der Waals surface area contributed by atoms with Crippen LogP contribution in [0.3, 0.4) is 0 Å². The van der Waals surface area contributed by atoms with Crippen LogP contribution in [0.15, 0.2) is 0 Å². The van der Waals surface area contributed by atoms with E-state index in [-0.39, 0.29) is 12.3 Å². The van der Waals surface area contributed by atoms with Crippen LogP contribution in [-0.4, -0.2) is 148 Å². The van der Waals surface area contributed by atoms with Crippen LogP contribution in [0.1, 0.15) is 183 Å². The first-order chi connectivity index (χ1) is 37.3. The molecule has 0 unspecified atom stereocenters. The number of aliphatic carboxylic acids is 2. The van der Waals surface area contributed by atoms with Crippen LogP contribution in [0, 0.1) is 11.8 Å². The van der Waals surface area contributed by atoms with Gasteiger partial charge in [-0.15, -0.1) is 5.53 Å². The van der Waals surface area contributed by atoms with Crippen LogP contribution in [0.25, 0.3) is 0 Å². The third kappa shape index (κ3) is 29.0.